The summed E-state index contributed by atoms with van der Waals surface area (Å²) in [4.78, 5) is 0. The van der Waals surface area contributed by atoms with Crippen LogP contribution < -0.4 is 0 Å². The van der Waals surface area contributed by atoms with Crippen molar-refractivity contribution in [2.24, 2.45) is 0 Å². The summed E-state index contributed by atoms with van der Waals surface area (Å²) in [5, 5.41) is 1.24. The molecule has 0 saturated carbocycles. The fourth-order valence-electron chi connectivity index (χ4n) is 1.34. The van der Waals surface area contributed by atoms with Gasteiger partial charge in [-0.2, -0.15) is 0 Å². The molecule has 0 saturated heterocycles. The minimum Gasteiger partial charge on any atom is -0.455 e. The molecule has 2 aromatic rings. The van der Waals surface area contributed by atoms with Gasteiger partial charge in [-0.3, -0.25) is 0 Å². The average Bonchev–Trinajstić information content (AvgIpc) is 2.30. The second-order valence-electron chi connectivity index (χ2n) is 2.33. The molecule has 1 aromatic carbocycles. The van der Waals surface area contributed by atoms with Gasteiger partial charge in [-0.05, 0) is 12.1 Å². The van der Waals surface area contributed by atoms with Gasteiger partial charge >= 0.3 is 0 Å². The molecule has 2 aliphatic rings. The molecule has 0 N–H and O–H groups in total. The van der Waals surface area contributed by atoms with Crippen LogP contribution in [-0.2, 0) is 0 Å². The monoisotopic (exact) mass is 116 g/mol. The molecule has 0 unspecified atom stereocenters. The fraction of sp³-hybridized carbons (Fsp3) is 0. The highest BCUT2D eigenvalue weighted by molar-refractivity contribution is 6.01. The second-order valence-corrected chi connectivity index (χ2v) is 2.33. The first kappa shape index (κ1) is 3.72. The van der Waals surface area contributed by atoms with Gasteiger partial charge in [0, 0.05) is 5.39 Å². The summed E-state index contributed by atoms with van der Waals surface area (Å²) in [5.74, 6) is 1.05. The number of rotatable bonds is 0. The molecule has 1 aliphatic carbocycles. The maximum atomic E-state index is 5.24. The molecule has 0 atom stereocenters. The lowest BCUT2D eigenvalue weighted by atomic mass is 10.2. The Bertz CT molecular complexity index is 384. The summed E-state index contributed by atoms with van der Waals surface area (Å²) in [6.07, 6.45) is 0. The molecule has 0 spiro atoms. The van der Waals surface area contributed by atoms with Crippen LogP contribution in [0.1, 0.15) is 0 Å². The summed E-state index contributed by atoms with van der Waals surface area (Å²) in [5.41, 5.74) is 2.36. The van der Waals surface area contributed by atoms with Crippen LogP contribution in [0.2, 0.25) is 0 Å². The summed E-state index contributed by atoms with van der Waals surface area (Å²) in [7, 11) is 0. The minimum atomic E-state index is 1.05. The van der Waals surface area contributed by atoms with Crippen LogP contribution >= 0.6 is 0 Å². The van der Waals surface area contributed by atoms with Gasteiger partial charge in [0.25, 0.3) is 0 Å². The zero-order chi connectivity index (χ0) is 5.84. The third-order valence-electron chi connectivity index (χ3n) is 1.81. The summed E-state index contributed by atoms with van der Waals surface area (Å²) < 4.78 is 5.24. The largest absolute Gasteiger partial charge is 0.455 e. The van der Waals surface area contributed by atoms with E-state index < -0.39 is 0 Å². The first-order valence-corrected chi connectivity index (χ1v) is 2.98. The Morgan fingerprint density at radius 3 is 3.00 bits per heavy atom. The van der Waals surface area contributed by atoms with Crippen LogP contribution in [-0.4, -0.2) is 0 Å². The normalized spacial score (nSPS) is 12.4. The molecule has 0 radical (unpaired) electrons. The van der Waals surface area contributed by atoms with Gasteiger partial charge in [0.05, 0.1) is 5.56 Å². The number of para-hydroxylation sites is 1. The number of hydrogen-bond donors (Lipinski definition) is 0. The van der Waals surface area contributed by atoms with Crippen molar-refractivity contribution in [3.63, 3.8) is 0 Å². The van der Waals surface area contributed by atoms with Crippen molar-refractivity contribution in [2.75, 3.05) is 0 Å². The van der Waals surface area contributed by atoms with Gasteiger partial charge in [-0.15, -0.1) is 0 Å². The third kappa shape index (κ3) is 0.250. The lowest BCUT2D eigenvalue weighted by Crippen LogP contribution is -1.76. The molecule has 4 bridgehead atoms. The van der Waals surface area contributed by atoms with Crippen molar-refractivity contribution in [3.05, 3.63) is 24.3 Å². The van der Waals surface area contributed by atoms with Crippen LogP contribution in [0, 0.1) is 0 Å². The number of hydrogen-bond acceptors (Lipinski definition) is 1. The molecule has 1 aliphatic heterocycles. The SMILES string of the molecule is c1cc2c3oc-2cc3c1. The molecule has 1 heteroatoms. The maximum Gasteiger partial charge on any atom is 0.145 e. The topological polar surface area (TPSA) is 13.1 Å². The number of benzene rings is 1. The highest BCUT2D eigenvalue weighted by Crippen LogP contribution is 2.41. The lowest BCUT2D eigenvalue weighted by Gasteiger charge is -2.01. The molecule has 0 fully saturated rings. The molecular formula is C8H4O. The van der Waals surface area contributed by atoms with Crippen molar-refractivity contribution < 1.29 is 4.42 Å². The van der Waals surface area contributed by atoms with Crippen LogP contribution in [0.3, 0.4) is 0 Å². The maximum absolute atomic E-state index is 5.24. The average molecular weight is 116 g/mol. The van der Waals surface area contributed by atoms with Gasteiger partial charge in [0.2, 0.25) is 0 Å². The Morgan fingerprint density at radius 2 is 2.22 bits per heavy atom. The van der Waals surface area contributed by atoms with Crippen molar-refractivity contribution in [3.8, 4) is 11.3 Å². The molecule has 0 amide bonds. The van der Waals surface area contributed by atoms with E-state index in [1.165, 1.54) is 10.9 Å². The first-order chi connectivity index (χ1) is 4.45. The van der Waals surface area contributed by atoms with E-state index in [9.17, 15) is 0 Å². The van der Waals surface area contributed by atoms with E-state index >= 15 is 0 Å². The van der Waals surface area contributed by atoms with Crippen LogP contribution in [0.5, 0.6) is 0 Å². The van der Waals surface area contributed by atoms with Crippen LogP contribution in [0.4, 0.5) is 0 Å². The molecule has 2 heterocycles. The zero-order valence-electron chi connectivity index (χ0n) is 4.72. The standard InChI is InChI=1S/C8H4O/c1-2-5-4-7-6(3-1)8(5)9-7/h1-4H. The Morgan fingerprint density at radius 1 is 1.22 bits per heavy atom. The van der Waals surface area contributed by atoms with E-state index in [2.05, 4.69) is 24.3 Å². The molecule has 4 rings (SSSR count). The Balaban J connectivity index is 2.82. The Hall–Kier alpha value is -1.24. The summed E-state index contributed by atoms with van der Waals surface area (Å²) in [6.45, 7) is 0. The van der Waals surface area contributed by atoms with E-state index in [0.29, 0.717) is 0 Å². The lowest BCUT2D eigenvalue weighted by molar-refractivity contribution is 0.601. The quantitative estimate of drug-likeness (QED) is 0.439. The van der Waals surface area contributed by atoms with Crippen molar-refractivity contribution >= 4 is 11.0 Å². The molecule has 9 heavy (non-hydrogen) atoms. The van der Waals surface area contributed by atoms with E-state index in [0.717, 1.165) is 11.3 Å². The molecule has 42 valence electrons. The highest BCUT2D eigenvalue weighted by Gasteiger charge is 2.19. The van der Waals surface area contributed by atoms with Crippen molar-refractivity contribution in [1.82, 2.24) is 0 Å². The third-order valence-corrected chi connectivity index (χ3v) is 1.81. The van der Waals surface area contributed by atoms with Gasteiger partial charge in [0.15, 0.2) is 0 Å². The van der Waals surface area contributed by atoms with Gasteiger partial charge < -0.3 is 4.42 Å². The summed E-state index contributed by atoms with van der Waals surface area (Å²) >= 11 is 0. The molecular weight excluding hydrogens is 112 g/mol. The number of furan rings is 1. The predicted octanol–water partition coefficient (Wildman–Crippen LogP) is 2.41. The zero-order valence-corrected chi connectivity index (χ0v) is 4.72. The van der Waals surface area contributed by atoms with Crippen LogP contribution in [0.25, 0.3) is 22.3 Å². The molecule has 1 nitrogen and oxygen atoms in total. The van der Waals surface area contributed by atoms with Gasteiger partial charge in [0.1, 0.15) is 11.3 Å². The van der Waals surface area contributed by atoms with E-state index in [4.69, 9.17) is 4.42 Å². The summed E-state index contributed by atoms with van der Waals surface area (Å²) in [6, 6.07) is 8.28. The fourth-order valence-corrected chi connectivity index (χ4v) is 1.34. The highest BCUT2D eigenvalue weighted by atomic mass is 16.4. The van der Waals surface area contributed by atoms with E-state index in [-0.39, 0.29) is 0 Å². The van der Waals surface area contributed by atoms with Gasteiger partial charge in [-0.1, -0.05) is 12.1 Å². The second kappa shape index (κ2) is 0.903. The first-order valence-electron chi connectivity index (χ1n) is 2.98. The predicted molar refractivity (Wildman–Crippen MR) is 35.2 cm³/mol. The van der Waals surface area contributed by atoms with Crippen molar-refractivity contribution in [2.45, 2.75) is 0 Å². The van der Waals surface area contributed by atoms with Crippen molar-refractivity contribution in [1.29, 1.82) is 0 Å². The van der Waals surface area contributed by atoms with E-state index in [1.807, 2.05) is 0 Å². The Labute approximate surface area is 51.9 Å². The molecule has 1 aromatic heterocycles. The minimum absolute atomic E-state index is 1.05. The van der Waals surface area contributed by atoms with Crippen LogP contribution in [0.15, 0.2) is 28.7 Å². The Kier molecular flexibility index (Phi) is 0.374. The van der Waals surface area contributed by atoms with E-state index in [1.54, 1.807) is 0 Å². The van der Waals surface area contributed by atoms with Gasteiger partial charge in [-0.25, -0.2) is 0 Å². The smallest absolute Gasteiger partial charge is 0.145 e.